The molecule has 1 heterocycles. The minimum atomic E-state index is -0.598. The molecule has 1 unspecified atom stereocenters. The summed E-state index contributed by atoms with van der Waals surface area (Å²) in [5.74, 6) is -0.434. The summed E-state index contributed by atoms with van der Waals surface area (Å²) in [5.41, 5.74) is 7.08. The van der Waals surface area contributed by atoms with Crippen molar-refractivity contribution >= 4 is 27.5 Å². The molecular formula is C14H17BrN4O. The first-order chi connectivity index (χ1) is 9.61. The molecule has 2 aromatic rings. The molecule has 6 heteroatoms. The van der Waals surface area contributed by atoms with Crippen molar-refractivity contribution < 1.29 is 4.79 Å². The molecule has 0 aliphatic rings. The van der Waals surface area contributed by atoms with Crippen LogP contribution in [0.15, 0.2) is 41.1 Å². The van der Waals surface area contributed by atoms with Crippen LogP contribution in [-0.2, 0) is 11.3 Å². The van der Waals surface area contributed by atoms with Gasteiger partial charge in [-0.25, -0.2) is 0 Å². The highest BCUT2D eigenvalue weighted by Crippen LogP contribution is 2.26. The predicted octanol–water partition coefficient (Wildman–Crippen LogP) is 2.69. The molecule has 0 radical (unpaired) electrons. The van der Waals surface area contributed by atoms with E-state index in [1.165, 1.54) is 0 Å². The first-order valence-electron chi connectivity index (χ1n) is 6.44. The monoisotopic (exact) mass is 336 g/mol. The van der Waals surface area contributed by atoms with Crippen LogP contribution in [-0.4, -0.2) is 15.7 Å². The highest BCUT2D eigenvalue weighted by Gasteiger charge is 2.20. The zero-order valence-electron chi connectivity index (χ0n) is 11.2. The molecule has 3 N–H and O–H groups in total. The quantitative estimate of drug-likeness (QED) is 0.851. The molecule has 0 spiro atoms. The van der Waals surface area contributed by atoms with Gasteiger partial charge < -0.3 is 11.1 Å². The Hall–Kier alpha value is -1.82. The van der Waals surface area contributed by atoms with E-state index in [2.05, 4.69) is 33.3 Å². The van der Waals surface area contributed by atoms with Gasteiger partial charge in [-0.3, -0.25) is 9.48 Å². The Morgan fingerprint density at radius 2 is 2.25 bits per heavy atom. The van der Waals surface area contributed by atoms with Crippen molar-refractivity contribution in [1.29, 1.82) is 0 Å². The summed E-state index contributed by atoms with van der Waals surface area (Å²) in [4.78, 5) is 11.7. The number of nitrogens with zero attached hydrogens (tertiary/aromatic N) is 2. The standard InChI is InChI=1S/C14H17BrN4O/c1-2-7-19-9-10(8-17-19)13(14(16)20)18-12-6-4-3-5-11(12)15/h3-6,8-9,13,18H,2,7H2,1H3,(H2,16,20). The Kier molecular flexibility index (Phi) is 4.79. The van der Waals surface area contributed by atoms with Crippen LogP contribution in [0.25, 0.3) is 0 Å². The summed E-state index contributed by atoms with van der Waals surface area (Å²) in [6.07, 6.45) is 4.51. The van der Waals surface area contributed by atoms with Crippen molar-refractivity contribution in [2.24, 2.45) is 5.73 Å². The van der Waals surface area contributed by atoms with E-state index in [1.807, 2.05) is 35.1 Å². The van der Waals surface area contributed by atoms with Crippen LogP contribution in [0.1, 0.15) is 24.9 Å². The molecule has 0 aliphatic heterocycles. The van der Waals surface area contributed by atoms with E-state index in [4.69, 9.17) is 5.73 Å². The Morgan fingerprint density at radius 1 is 1.50 bits per heavy atom. The average Bonchev–Trinajstić information content (AvgIpc) is 2.86. The minimum absolute atomic E-state index is 0.434. The summed E-state index contributed by atoms with van der Waals surface area (Å²) >= 11 is 3.44. The molecule has 0 aliphatic carbocycles. The molecule has 1 aromatic heterocycles. The molecule has 0 fully saturated rings. The molecule has 106 valence electrons. The SMILES string of the molecule is CCCn1cc(C(Nc2ccccc2Br)C(N)=O)cn1. The number of rotatable bonds is 6. The second-order valence-electron chi connectivity index (χ2n) is 4.50. The molecule has 0 saturated carbocycles. The summed E-state index contributed by atoms with van der Waals surface area (Å²) < 4.78 is 2.69. The number of hydrogen-bond acceptors (Lipinski definition) is 3. The van der Waals surface area contributed by atoms with E-state index in [9.17, 15) is 4.79 Å². The lowest BCUT2D eigenvalue weighted by molar-refractivity contribution is -0.118. The number of benzene rings is 1. The van der Waals surface area contributed by atoms with Crippen LogP contribution in [0.2, 0.25) is 0 Å². The van der Waals surface area contributed by atoms with E-state index >= 15 is 0 Å². The van der Waals surface area contributed by atoms with E-state index in [0.717, 1.165) is 28.7 Å². The number of amides is 1. The summed E-state index contributed by atoms with van der Waals surface area (Å²) in [6.45, 7) is 2.90. The van der Waals surface area contributed by atoms with Crippen LogP contribution < -0.4 is 11.1 Å². The normalized spacial score (nSPS) is 12.1. The second kappa shape index (κ2) is 6.56. The van der Waals surface area contributed by atoms with Gasteiger partial charge in [-0.15, -0.1) is 0 Å². The maximum atomic E-state index is 11.7. The lowest BCUT2D eigenvalue weighted by Crippen LogP contribution is -2.27. The zero-order valence-corrected chi connectivity index (χ0v) is 12.8. The summed E-state index contributed by atoms with van der Waals surface area (Å²) in [5, 5.41) is 7.37. The van der Waals surface area contributed by atoms with Gasteiger partial charge >= 0.3 is 0 Å². The summed E-state index contributed by atoms with van der Waals surface area (Å²) in [7, 11) is 0. The molecule has 2 rings (SSSR count). The molecule has 1 aromatic carbocycles. The van der Waals surface area contributed by atoms with Gasteiger partial charge in [-0.05, 0) is 34.5 Å². The van der Waals surface area contributed by atoms with E-state index < -0.39 is 11.9 Å². The molecule has 1 atom stereocenters. The molecule has 1 amide bonds. The second-order valence-corrected chi connectivity index (χ2v) is 5.35. The third-order valence-electron chi connectivity index (χ3n) is 2.90. The topological polar surface area (TPSA) is 72.9 Å². The average molecular weight is 337 g/mol. The van der Waals surface area contributed by atoms with Gasteiger partial charge in [-0.2, -0.15) is 5.10 Å². The number of aromatic nitrogens is 2. The van der Waals surface area contributed by atoms with Gasteiger partial charge in [0.1, 0.15) is 6.04 Å². The van der Waals surface area contributed by atoms with Crippen molar-refractivity contribution in [3.8, 4) is 0 Å². The predicted molar refractivity (Wildman–Crippen MR) is 82.2 cm³/mol. The number of primary amides is 1. The maximum Gasteiger partial charge on any atom is 0.244 e. The Bertz CT molecular complexity index is 596. The molecule has 0 bridgehead atoms. The van der Waals surface area contributed by atoms with Crippen molar-refractivity contribution in [2.45, 2.75) is 25.9 Å². The van der Waals surface area contributed by atoms with Crippen molar-refractivity contribution in [3.63, 3.8) is 0 Å². The summed E-state index contributed by atoms with van der Waals surface area (Å²) in [6, 6.07) is 7.00. The van der Waals surface area contributed by atoms with E-state index in [0.29, 0.717) is 0 Å². The number of para-hydroxylation sites is 1. The third kappa shape index (κ3) is 3.39. The van der Waals surface area contributed by atoms with Crippen molar-refractivity contribution in [2.75, 3.05) is 5.32 Å². The number of hydrogen-bond donors (Lipinski definition) is 2. The maximum absolute atomic E-state index is 11.7. The van der Waals surface area contributed by atoms with Crippen LogP contribution >= 0.6 is 15.9 Å². The Balaban J connectivity index is 2.23. The lowest BCUT2D eigenvalue weighted by Gasteiger charge is -2.16. The van der Waals surface area contributed by atoms with Gasteiger partial charge in [0.05, 0.1) is 6.20 Å². The third-order valence-corrected chi connectivity index (χ3v) is 3.59. The van der Waals surface area contributed by atoms with Gasteiger partial charge in [-0.1, -0.05) is 19.1 Å². The van der Waals surface area contributed by atoms with Crippen LogP contribution in [0, 0.1) is 0 Å². The fraction of sp³-hybridized carbons (Fsp3) is 0.286. The highest BCUT2D eigenvalue weighted by atomic mass is 79.9. The largest absolute Gasteiger partial charge is 0.369 e. The van der Waals surface area contributed by atoms with E-state index in [-0.39, 0.29) is 0 Å². The fourth-order valence-electron chi connectivity index (χ4n) is 1.93. The number of aryl methyl sites for hydroxylation is 1. The van der Waals surface area contributed by atoms with Gasteiger partial charge in [0, 0.05) is 28.5 Å². The number of carbonyl (C=O) groups excluding carboxylic acids is 1. The van der Waals surface area contributed by atoms with Gasteiger partial charge in [0.2, 0.25) is 5.91 Å². The van der Waals surface area contributed by atoms with Gasteiger partial charge in [0.15, 0.2) is 0 Å². The molecule has 5 nitrogen and oxygen atoms in total. The Morgan fingerprint density at radius 3 is 2.90 bits per heavy atom. The van der Waals surface area contributed by atoms with Crippen LogP contribution in [0.5, 0.6) is 0 Å². The van der Waals surface area contributed by atoms with Crippen molar-refractivity contribution in [1.82, 2.24) is 9.78 Å². The smallest absolute Gasteiger partial charge is 0.244 e. The number of carbonyl (C=O) groups is 1. The van der Waals surface area contributed by atoms with Crippen molar-refractivity contribution in [3.05, 3.63) is 46.7 Å². The number of halogens is 1. The first-order valence-corrected chi connectivity index (χ1v) is 7.24. The molecular weight excluding hydrogens is 320 g/mol. The van der Waals surface area contributed by atoms with Gasteiger partial charge in [0.25, 0.3) is 0 Å². The highest BCUT2D eigenvalue weighted by molar-refractivity contribution is 9.10. The minimum Gasteiger partial charge on any atom is -0.369 e. The number of nitrogens with one attached hydrogen (secondary N) is 1. The lowest BCUT2D eigenvalue weighted by atomic mass is 10.1. The Labute approximate surface area is 126 Å². The van der Waals surface area contributed by atoms with E-state index in [1.54, 1.807) is 6.20 Å². The molecule has 20 heavy (non-hydrogen) atoms. The fourth-order valence-corrected chi connectivity index (χ4v) is 2.33. The number of nitrogens with two attached hydrogens (primary N) is 1. The first kappa shape index (κ1) is 14.6. The van der Waals surface area contributed by atoms with Crippen LogP contribution in [0.4, 0.5) is 5.69 Å². The number of anilines is 1. The van der Waals surface area contributed by atoms with Crippen LogP contribution in [0.3, 0.4) is 0 Å². The molecule has 0 saturated heterocycles. The zero-order chi connectivity index (χ0) is 14.5.